The molecule has 0 aromatic heterocycles. The van der Waals surface area contributed by atoms with Gasteiger partial charge in [-0.05, 0) is 36.5 Å². The van der Waals surface area contributed by atoms with Gasteiger partial charge in [-0.2, -0.15) is 0 Å². The van der Waals surface area contributed by atoms with Crippen molar-refractivity contribution in [3.8, 4) is 0 Å². The van der Waals surface area contributed by atoms with Crippen molar-refractivity contribution in [3.63, 3.8) is 0 Å². The van der Waals surface area contributed by atoms with Crippen LogP contribution in [0.15, 0.2) is 54.6 Å². The van der Waals surface area contributed by atoms with Gasteiger partial charge < -0.3 is 9.80 Å². The smallest absolute Gasteiger partial charge is 0.228 e. The first kappa shape index (κ1) is 19.3. The van der Waals surface area contributed by atoms with Gasteiger partial charge in [0.1, 0.15) is 0 Å². The Bertz CT molecular complexity index is 966. The number of likely N-dealkylation sites (tertiary alicyclic amines) is 2. The lowest BCUT2D eigenvalue weighted by Gasteiger charge is -2.31. The lowest BCUT2D eigenvalue weighted by Crippen LogP contribution is -2.40. The molecule has 2 aliphatic heterocycles. The summed E-state index contributed by atoms with van der Waals surface area (Å²) in [5.41, 5.74) is 3.33. The predicted molar refractivity (Wildman–Crippen MR) is 117 cm³/mol. The first-order valence-electron chi connectivity index (χ1n) is 11.1. The summed E-state index contributed by atoms with van der Waals surface area (Å²) in [6.45, 7) is 6.47. The Hall–Kier alpha value is -2.62. The standard InChI is InChI=1S/C26H30N2O2/c1-18-8-6-7-11-20(18)14-23(29)28-16-21-15-27(25(30)26(2)12-13-26)17-22(21)24(28)19-9-4-3-5-10-19/h3-11,21-22,24H,12-17H2,1-2H3/t21-,22-,24+/m0/s1. The molecule has 2 heterocycles. The van der Waals surface area contributed by atoms with E-state index >= 15 is 0 Å². The average Bonchev–Trinajstić information content (AvgIpc) is 3.21. The first-order chi connectivity index (χ1) is 14.5. The maximum absolute atomic E-state index is 13.4. The highest BCUT2D eigenvalue weighted by molar-refractivity contribution is 5.85. The number of nitrogens with zero attached hydrogens (tertiary/aromatic N) is 2. The third-order valence-electron chi connectivity index (χ3n) is 7.53. The van der Waals surface area contributed by atoms with Crippen LogP contribution in [0.25, 0.3) is 0 Å². The topological polar surface area (TPSA) is 40.6 Å². The van der Waals surface area contributed by atoms with Crippen molar-refractivity contribution in [2.45, 2.75) is 39.2 Å². The van der Waals surface area contributed by atoms with Crippen molar-refractivity contribution >= 4 is 11.8 Å². The van der Waals surface area contributed by atoms with Crippen LogP contribution in [0.4, 0.5) is 0 Å². The van der Waals surface area contributed by atoms with Crippen LogP contribution in [0.3, 0.4) is 0 Å². The second-order valence-corrected chi connectivity index (χ2v) is 9.70. The molecule has 30 heavy (non-hydrogen) atoms. The van der Waals surface area contributed by atoms with Crippen LogP contribution < -0.4 is 0 Å². The molecule has 5 rings (SSSR count). The molecule has 0 spiro atoms. The van der Waals surface area contributed by atoms with E-state index in [0.717, 1.165) is 43.6 Å². The molecule has 1 aliphatic carbocycles. The van der Waals surface area contributed by atoms with Gasteiger partial charge in [-0.25, -0.2) is 0 Å². The van der Waals surface area contributed by atoms with Crippen LogP contribution in [0.1, 0.15) is 42.5 Å². The van der Waals surface area contributed by atoms with Gasteiger partial charge in [0, 0.05) is 36.9 Å². The molecule has 3 aliphatic rings. The summed E-state index contributed by atoms with van der Waals surface area (Å²) in [4.78, 5) is 30.5. The highest BCUT2D eigenvalue weighted by Gasteiger charge is 2.54. The Morgan fingerprint density at radius 2 is 1.67 bits per heavy atom. The molecule has 0 bridgehead atoms. The summed E-state index contributed by atoms with van der Waals surface area (Å²) < 4.78 is 0. The van der Waals surface area contributed by atoms with Crippen molar-refractivity contribution in [2.24, 2.45) is 17.3 Å². The van der Waals surface area contributed by atoms with E-state index in [1.165, 1.54) is 5.56 Å². The monoisotopic (exact) mass is 402 g/mol. The molecule has 0 N–H and O–H groups in total. The van der Waals surface area contributed by atoms with E-state index in [2.05, 4.69) is 60.0 Å². The van der Waals surface area contributed by atoms with Crippen molar-refractivity contribution < 1.29 is 9.59 Å². The third-order valence-corrected chi connectivity index (χ3v) is 7.53. The molecule has 0 radical (unpaired) electrons. The minimum atomic E-state index is -0.124. The summed E-state index contributed by atoms with van der Waals surface area (Å²) in [7, 11) is 0. The van der Waals surface area contributed by atoms with Crippen molar-refractivity contribution in [1.82, 2.24) is 9.80 Å². The molecule has 4 heteroatoms. The fourth-order valence-electron chi connectivity index (χ4n) is 5.40. The van der Waals surface area contributed by atoms with Crippen LogP contribution in [0.2, 0.25) is 0 Å². The molecule has 3 atom stereocenters. The first-order valence-corrected chi connectivity index (χ1v) is 11.1. The Balaban J connectivity index is 1.40. The Morgan fingerprint density at radius 1 is 0.967 bits per heavy atom. The van der Waals surface area contributed by atoms with Gasteiger partial charge in [0.25, 0.3) is 0 Å². The number of carbonyl (C=O) groups excluding carboxylic acids is 2. The molecule has 2 aromatic carbocycles. The van der Waals surface area contributed by atoms with Crippen LogP contribution in [-0.4, -0.2) is 41.2 Å². The van der Waals surface area contributed by atoms with E-state index in [-0.39, 0.29) is 17.4 Å². The normalized spacial score (nSPS) is 26.5. The van der Waals surface area contributed by atoms with E-state index < -0.39 is 0 Å². The van der Waals surface area contributed by atoms with Crippen molar-refractivity contribution in [2.75, 3.05) is 19.6 Å². The zero-order valence-corrected chi connectivity index (χ0v) is 17.9. The predicted octanol–water partition coefficient (Wildman–Crippen LogP) is 4.00. The number of fused-ring (bicyclic) bond motifs is 1. The highest BCUT2D eigenvalue weighted by Crippen LogP contribution is 2.50. The lowest BCUT2D eigenvalue weighted by atomic mass is 9.89. The highest BCUT2D eigenvalue weighted by atomic mass is 16.2. The van der Waals surface area contributed by atoms with E-state index in [0.29, 0.717) is 24.2 Å². The maximum atomic E-state index is 13.4. The van der Waals surface area contributed by atoms with Gasteiger partial charge in [-0.1, -0.05) is 61.5 Å². The third kappa shape index (κ3) is 3.32. The van der Waals surface area contributed by atoms with E-state index in [4.69, 9.17) is 0 Å². The molecule has 3 fully saturated rings. The van der Waals surface area contributed by atoms with Gasteiger partial charge in [-0.15, -0.1) is 0 Å². The van der Waals surface area contributed by atoms with E-state index in [1.807, 2.05) is 18.2 Å². The number of carbonyl (C=O) groups is 2. The molecule has 4 nitrogen and oxygen atoms in total. The van der Waals surface area contributed by atoms with Crippen LogP contribution in [0.5, 0.6) is 0 Å². The number of hydrogen-bond donors (Lipinski definition) is 0. The summed E-state index contributed by atoms with van der Waals surface area (Å²) in [5.74, 6) is 1.20. The van der Waals surface area contributed by atoms with Gasteiger partial charge in [0.05, 0.1) is 12.5 Å². The second-order valence-electron chi connectivity index (χ2n) is 9.70. The molecule has 0 unspecified atom stereocenters. The maximum Gasteiger partial charge on any atom is 0.228 e. The number of rotatable bonds is 4. The molecular formula is C26H30N2O2. The van der Waals surface area contributed by atoms with Gasteiger partial charge in [0.2, 0.25) is 11.8 Å². The number of benzene rings is 2. The molecule has 156 valence electrons. The second kappa shape index (κ2) is 7.26. The van der Waals surface area contributed by atoms with Crippen LogP contribution in [-0.2, 0) is 16.0 Å². The van der Waals surface area contributed by atoms with Crippen molar-refractivity contribution in [3.05, 3.63) is 71.3 Å². The molecule has 1 saturated carbocycles. The molecule has 2 amide bonds. The molecule has 2 aromatic rings. The van der Waals surface area contributed by atoms with Gasteiger partial charge in [-0.3, -0.25) is 9.59 Å². The number of hydrogen-bond acceptors (Lipinski definition) is 2. The Kier molecular flexibility index (Phi) is 4.68. The van der Waals surface area contributed by atoms with E-state index in [1.54, 1.807) is 0 Å². The van der Waals surface area contributed by atoms with Crippen LogP contribution >= 0.6 is 0 Å². The molecular weight excluding hydrogens is 372 g/mol. The van der Waals surface area contributed by atoms with Crippen LogP contribution in [0, 0.1) is 24.2 Å². The van der Waals surface area contributed by atoms with Crippen molar-refractivity contribution in [1.29, 1.82) is 0 Å². The SMILES string of the molecule is Cc1ccccc1CC(=O)N1C[C@@H]2CN(C(=O)C3(C)CC3)C[C@@H]2[C@H]1c1ccccc1. The minimum Gasteiger partial charge on any atom is -0.341 e. The summed E-state index contributed by atoms with van der Waals surface area (Å²) in [5, 5.41) is 0. The number of amides is 2. The summed E-state index contributed by atoms with van der Waals surface area (Å²) in [6.07, 6.45) is 2.47. The minimum absolute atomic E-state index is 0.0533. The fraction of sp³-hybridized carbons (Fsp3) is 0.462. The largest absolute Gasteiger partial charge is 0.341 e. The average molecular weight is 403 g/mol. The van der Waals surface area contributed by atoms with Gasteiger partial charge >= 0.3 is 0 Å². The Labute approximate surface area is 178 Å². The van der Waals surface area contributed by atoms with E-state index in [9.17, 15) is 9.59 Å². The quantitative estimate of drug-likeness (QED) is 0.776. The number of aryl methyl sites for hydroxylation is 1. The summed E-state index contributed by atoms with van der Waals surface area (Å²) >= 11 is 0. The van der Waals surface area contributed by atoms with Gasteiger partial charge in [0.15, 0.2) is 0 Å². The fourth-order valence-corrected chi connectivity index (χ4v) is 5.40. The lowest BCUT2D eigenvalue weighted by molar-refractivity contribution is -0.136. The molecule has 2 saturated heterocycles. The Morgan fingerprint density at radius 3 is 2.37 bits per heavy atom. The zero-order chi connectivity index (χ0) is 20.9. The summed E-state index contributed by atoms with van der Waals surface area (Å²) in [6, 6.07) is 18.6. The zero-order valence-electron chi connectivity index (χ0n) is 17.9.